The number of hydrogen-bond acceptors (Lipinski definition) is 8. The topological polar surface area (TPSA) is 106 Å². The number of para-hydroxylation sites is 1. The number of rotatable bonds is 11. The Morgan fingerprint density at radius 1 is 1.12 bits per heavy atom. The summed E-state index contributed by atoms with van der Waals surface area (Å²) in [5, 5.41) is 21.4. The second-order valence-electron chi connectivity index (χ2n) is 7.64. The molecule has 0 atom stereocenters. The van der Waals surface area contributed by atoms with Crippen LogP contribution in [0.3, 0.4) is 0 Å². The summed E-state index contributed by atoms with van der Waals surface area (Å²) in [6, 6.07) is 16.6. The number of hydrogen-bond donors (Lipinski definition) is 1. The Morgan fingerprint density at radius 3 is 2.59 bits per heavy atom. The molecule has 0 unspecified atom stereocenters. The van der Waals surface area contributed by atoms with Crippen LogP contribution in [0.5, 0.6) is 17.2 Å². The quantitative estimate of drug-likeness (QED) is 0.241. The van der Waals surface area contributed by atoms with Gasteiger partial charge in [-0.2, -0.15) is 5.26 Å². The molecular formula is C25H26N4O4S. The molecule has 3 aromatic rings. The number of anilines is 1. The summed E-state index contributed by atoms with van der Waals surface area (Å²) in [7, 11) is 1.53. The van der Waals surface area contributed by atoms with Gasteiger partial charge in [-0.05, 0) is 41.8 Å². The van der Waals surface area contributed by atoms with Crippen LogP contribution < -0.4 is 19.5 Å². The number of carbonyl (C=O) groups is 1. The fourth-order valence-electron chi connectivity index (χ4n) is 2.94. The zero-order valence-electron chi connectivity index (χ0n) is 19.3. The smallest absolute Gasteiger partial charge is 0.268 e. The lowest BCUT2D eigenvalue weighted by atomic mass is 10.1. The van der Waals surface area contributed by atoms with Gasteiger partial charge in [0, 0.05) is 6.42 Å². The van der Waals surface area contributed by atoms with Gasteiger partial charge in [-0.15, -0.1) is 10.2 Å². The highest BCUT2D eigenvalue weighted by Gasteiger charge is 2.14. The third-order valence-corrected chi connectivity index (χ3v) is 5.35. The van der Waals surface area contributed by atoms with Gasteiger partial charge in [0.15, 0.2) is 11.5 Å². The van der Waals surface area contributed by atoms with E-state index in [-0.39, 0.29) is 5.57 Å². The predicted molar refractivity (Wildman–Crippen MR) is 131 cm³/mol. The van der Waals surface area contributed by atoms with Crippen molar-refractivity contribution < 1.29 is 19.0 Å². The maximum absolute atomic E-state index is 12.6. The number of aromatic nitrogens is 2. The number of benzene rings is 2. The van der Waals surface area contributed by atoms with Crippen molar-refractivity contribution in [2.75, 3.05) is 25.6 Å². The molecule has 0 saturated heterocycles. The molecule has 2 aromatic carbocycles. The molecule has 1 aromatic heterocycles. The molecule has 0 fully saturated rings. The molecular weight excluding hydrogens is 452 g/mol. The summed E-state index contributed by atoms with van der Waals surface area (Å²) in [4.78, 5) is 12.6. The number of nitrogens with one attached hydrogen (secondary N) is 1. The Labute approximate surface area is 202 Å². The first kappa shape index (κ1) is 24.7. The lowest BCUT2D eigenvalue weighted by Crippen LogP contribution is -2.13. The van der Waals surface area contributed by atoms with Crippen LogP contribution in [-0.4, -0.2) is 36.4 Å². The Bertz CT molecular complexity index is 1170. The average Bonchev–Trinajstić information content (AvgIpc) is 3.27. The largest absolute Gasteiger partial charge is 0.493 e. The monoisotopic (exact) mass is 478 g/mol. The Hall–Kier alpha value is -3.90. The average molecular weight is 479 g/mol. The van der Waals surface area contributed by atoms with Crippen molar-refractivity contribution in [3.8, 4) is 23.3 Å². The van der Waals surface area contributed by atoms with Crippen LogP contribution in [0.25, 0.3) is 6.08 Å². The maximum atomic E-state index is 12.6. The normalized spacial score (nSPS) is 11.1. The standard InChI is InChI=1S/C25H26N4O4S/c1-17(2)13-23-28-29-25(34-23)27-24(30)19(16-26)14-18-9-10-21(22(15-18)31-3)33-12-11-32-20-7-5-4-6-8-20/h4-10,14-15,17H,11-13H2,1-3H3,(H,27,29,30)/b19-14-. The molecule has 9 heteroatoms. The van der Waals surface area contributed by atoms with Gasteiger partial charge in [-0.3, -0.25) is 10.1 Å². The molecule has 0 bridgehead atoms. The van der Waals surface area contributed by atoms with Crippen molar-refractivity contribution in [1.29, 1.82) is 5.26 Å². The van der Waals surface area contributed by atoms with Crippen molar-refractivity contribution in [2.45, 2.75) is 20.3 Å². The first-order valence-corrected chi connectivity index (χ1v) is 11.5. The van der Waals surface area contributed by atoms with E-state index in [2.05, 4.69) is 29.4 Å². The minimum Gasteiger partial charge on any atom is -0.493 e. The lowest BCUT2D eigenvalue weighted by molar-refractivity contribution is -0.112. The number of amides is 1. The van der Waals surface area contributed by atoms with Crippen molar-refractivity contribution in [1.82, 2.24) is 10.2 Å². The van der Waals surface area contributed by atoms with E-state index >= 15 is 0 Å². The first-order chi connectivity index (χ1) is 16.5. The second kappa shape index (κ2) is 12.4. The zero-order chi connectivity index (χ0) is 24.3. The molecule has 1 heterocycles. The van der Waals surface area contributed by atoms with Gasteiger partial charge >= 0.3 is 0 Å². The first-order valence-electron chi connectivity index (χ1n) is 10.7. The Morgan fingerprint density at radius 2 is 1.88 bits per heavy atom. The molecule has 3 rings (SSSR count). The molecule has 0 spiro atoms. The second-order valence-corrected chi connectivity index (χ2v) is 8.71. The third-order valence-electron chi connectivity index (χ3n) is 4.49. The van der Waals surface area contributed by atoms with Crippen LogP contribution >= 0.6 is 11.3 Å². The predicted octanol–water partition coefficient (Wildman–Crippen LogP) is 4.75. The van der Waals surface area contributed by atoms with Crippen molar-refractivity contribution >= 4 is 28.5 Å². The summed E-state index contributed by atoms with van der Waals surface area (Å²) >= 11 is 1.30. The highest BCUT2D eigenvalue weighted by Crippen LogP contribution is 2.29. The van der Waals surface area contributed by atoms with Crippen LogP contribution in [0.4, 0.5) is 5.13 Å². The molecule has 176 valence electrons. The van der Waals surface area contributed by atoms with Crippen LogP contribution in [0, 0.1) is 17.2 Å². The van der Waals surface area contributed by atoms with E-state index in [0.717, 1.165) is 17.2 Å². The number of nitriles is 1. The summed E-state index contributed by atoms with van der Waals surface area (Å²) < 4.78 is 16.8. The fraction of sp³-hybridized carbons (Fsp3) is 0.280. The molecule has 0 aliphatic rings. The van der Waals surface area contributed by atoms with Gasteiger partial charge < -0.3 is 14.2 Å². The molecule has 8 nitrogen and oxygen atoms in total. The van der Waals surface area contributed by atoms with E-state index in [4.69, 9.17) is 14.2 Å². The van der Waals surface area contributed by atoms with Crippen molar-refractivity contribution in [3.05, 3.63) is 64.7 Å². The van der Waals surface area contributed by atoms with E-state index in [0.29, 0.717) is 41.3 Å². The van der Waals surface area contributed by atoms with Gasteiger partial charge in [0.05, 0.1) is 7.11 Å². The fourth-order valence-corrected chi connectivity index (χ4v) is 3.88. The highest BCUT2D eigenvalue weighted by molar-refractivity contribution is 7.15. The van der Waals surface area contributed by atoms with E-state index in [1.54, 1.807) is 18.2 Å². The number of methoxy groups -OCH3 is 1. The summed E-state index contributed by atoms with van der Waals surface area (Å²) in [5.41, 5.74) is 0.557. The molecule has 1 amide bonds. The molecule has 0 aliphatic heterocycles. The maximum Gasteiger partial charge on any atom is 0.268 e. The number of carbonyl (C=O) groups excluding carboxylic acids is 1. The molecule has 0 saturated carbocycles. The minimum absolute atomic E-state index is 0.0624. The van der Waals surface area contributed by atoms with Crippen LogP contribution in [0.15, 0.2) is 54.1 Å². The van der Waals surface area contributed by atoms with Crippen LogP contribution in [-0.2, 0) is 11.2 Å². The Balaban J connectivity index is 1.62. The SMILES string of the molecule is COc1cc(/C=C(/C#N)C(=O)Nc2nnc(CC(C)C)s2)ccc1OCCOc1ccccc1. The van der Waals surface area contributed by atoms with Crippen molar-refractivity contribution in [2.24, 2.45) is 5.92 Å². The summed E-state index contributed by atoms with van der Waals surface area (Å²) in [5.74, 6) is 1.67. The van der Waals surface area contributed by atoms with E-state index in [1.807, 2.05) is 36.4 Å². The zero-order valence-corrected chi connectivity index (χ0v) is 20.1. The highest BCUT2D eigenvalue weighted by atomic mass is 32.1. The molecule has 1 N–H and O–H groups in total. The van der Waals surface area contributed by atoms with Gasteiger partial charge in [-0.25, -0.2) is 0 Å². The van der Waals surface area contributed by atoms with Gasteiger partial charge in [0.1, 0.15) is 35.6 Å². The van der Waals surface area contributed by atoms with Crippen LogP contribution in [0.2, 0.25) is 0 Å². The number of ether oxygens (including phenoxy) is 3. The summed E-state index contributed by atoms with van der Waals surface area (Å²) in [6.45, 7) is 4.86. The molecule has 34 heavy (non-hydrogen) atoms. The van der Waals surface area contributed by atoms with Crippen LogP contribution in [0.1, 0.15) is 24.4 Å². The van der Waals surface area contributed by atoms with E-state index < -0.39 is 5.91 Å². The van der Waals surface area contributed by atoms with Gasteiger partial charge in [-0.1, -0.05) is 49.4 Å². The lowest BCUT2D eigenvalue weighted by Gasteiger charge is -2.12. The van der Waals surface area contributed by atoms with Crippen molar-refractivity contribution in [3.63, 3.8) is 0 Å². The minimum atomic E-state index is -0.549. The Kier molecular flexibility index (Phi) is 9.00. The van der Waals surface area contributed by atoms with Gasteiger partial charge in [0.2, 0.25) is 5.13 Å². The number of nitrogens with zero attached hydrogens (tertiary/aromatic N) is 3. The third kappa shape index (κ3) is 7.32. The molecule has 0 aliphatic carbocycles. The van der Waals surface area contributed by atoms with E-state index in [1.165, 1.54) is 24.5 Å². The van der Waals surface area contributed by atoms with E-state index in [9.17, 15) is 10.1 Å². The summed E-state index contributed by atoms with van der Waals surface area (Å²) in [6.07, 6.45) is 2.26. The van der Waals surface area contributed by atoms with Gasteiger partial charge in [0.25, 0.3) is 5.91 Å². The molecule has 0 radical (unpaired) electrons.